The molecule has 0 aliphatic carbocycles. The number of rotatable bonds is 8. The summed E-state index contributed by atoms with van der Waals surface area (Å²) in [7, 11) is 1.55. The van der Waals surface area contributed by atoms with Gasteiger partial charge in [-0.15, -0.1) is 10.2 Å². The number of hydrogen-bond acceptors (Lipinski definition) is 7. The van der Waals surface area contributed by atoms with Crippen LogP contribution in [0.25, 0.3) is 11.5 Å². The number of hydrogen-bond donors (Lipinski definition) is 0. The van der Waals surface area contributed by atoms with Crippen molar-refractivity contribution in [3.05, 3.63) is 54.1 Å². The molecular weight excluding hydrogens is 388 g/mol. The molecule has 0 bridgehead atoms. The first kappa shape index (κ1) is 20.4. The second-order valence-corrected chi connectivity index (χ2v) is 7.08. The Hall–Kier alpha value is -3.31. The van der Waals surface area contributed by atoms with Crippen molar-refractivity contribution >= 4 is 23.4 Å². The second kappa shape index (κ2) is 9.75. The third kappa shape index (κ3) is 5.15. The fourth-order valence-electron chi connectivity index (χ4n) is 2.68. The van der Waals surface area contributed by atoms with E-state index >= 15 is 0 Å². The summed E-state index contributed by atoms with van der Waals surface area (Å²) in [6.45, 7) is 2.28. The number of nitrogens with zero attached hydrogens (tertiary/aromatic N) is 4. The lowest BCUT2D eigenvalue weighted by molar-refractivity contribution is -0.116. The molecule has 1 heterocycles. The van der Waals surface area contributed by atoms with Crippen LogP contribution in [0, 0.1) is 18.3 Å². The SMILES string of the molecule is COc1ccccc1N(CCC#N)C(=O)CSc1nnc(-c2ccc(C)cc2)o1. The lowest BCUT2D eigenvalue weighted by Crippen LogP contribution is -2.33. The highest BCUT2D eigenvalue weighted by molar-refractivity contribution is 7.99. The summed E-state index contributed by atoms with van der Waals surface area (Å²) in [6, 6.07) is 17.1. The molecule has 0 unspecified atom stereocenters. The van der Waals surface area contributed by atoms with Gasteiger partial charge in [0.2, 0.25) is 11.8 Å². The molecule has 2 aromatic carbocycles. The molecule has 0 saturated heterocycles. The molecule has 3 rings (SSSR count). The standard InChI is InChI=1S/C21H20N4O3S/c1-15-8-10-16(11-9-15)20-23-24-21(28-20)29-14-19(26)25(13-5-12-22)17-6-3-4-7-18(17)27-2/h3-4,6-11H,5,13-14H2,1-2H3. The number of methoxy groups -OCH3 is 1. The average Bonchev–Trinajstić information content (AvgIpc) is 3.22. The summed E-state index contributed by atoms with van der Waals surface area (Å²) < 4.78 is 11.0. The highest BCUT2D eigenvalue weighted by atomic mass is 32.2. The van der Waals surface area contributed by atoms with Crippen molar-refractivity contribution in [1.82, 2.24) is 10.2 Å². The van der Waals surface area contributed by atoms with Gasteiger partial charge in [0.15, 0.2) is 0 Å². The van der Waals surface area contributed by atoms with E-state index in [4.69, 9.17) is 14.4 Å². The van der Waals surface area contributed by atoms with Crippen molar-refractivity contribution < 1.29 is 13.9 Å². The van der Waals surface area contributed by atoms with Crippen LogP contribution < -0.4 is 9.64 Å². The zero-order valence-corrected chi connectivity index (χ0v) is 17.0. The number of ether oxygens (including phenoxy) is 1. The topological polar surface area (TPSA) is 92.2 Å². The number of aryl methyl sites for hydroxylation is 1. The van der Waals surface area contributed by atoms with Crippen molar-refractivity contribution in [2.75, 3.05) is 24.3 Å². The van der Waals surface area contributed by atoms with Crippen LogP contribution in [0.3, 0.4) is 0 Å². The van der Waals surface area contributed by atoms with Crippen LogP contribution in [0.4, 0.5) is 5.69 Å². The number of carbonyl (C=O) groups excluding carboxylic acids is 1. The highest BCUT2D eigenvalue weighted by Crippen LogP contribution is 2.29. The molecule has 0 aliphatic heterocycles. The van der Waals surface area contributed by atoms with Crippen LogP contribution in [-0.4, -0.2) is 35.5 Å². The maximum atomic E-state index is 12.9. The minimum Gasteiger partial charge on any atom is -0.495 e. The molecule has 1 amide bonds. The fourth-order valence-corrected chi connectivity index (χ4v) is 3.32. The molecule has 0 aliphatic rings. The van der Waals surface area contributed by atoms with E-state index in [9.17, 15) is 4.79 Å². The first-order valence-corrected chi connectivity index (χ1v) is 9.94. The number of carbonyl (C=O) groups is 1. The van der Waals surface area contributed by atoms with Gasteiger partial charge >= 0.3 is 0 Å². The Balaban J connectivity index is 1.70. The van der Waals surface area contributed by atoms with Gasteiger partial charge in [0.05, 0.1) is 31.0 Å². The van der Waals surface area contributed by atoms with E-state index in [2.05, 4.69) is 16.3 Å². The van der Waals surface area contributed by atoms with Gasteiger partial charge in [-0.05, 0) is 31.2 Å². The van der Waals surface area contributed by atoms with Crippen LogP contribution >= 0.6 is 11.8 Å². The number of nitriles is 1. The highest BCUT2D eigenvalue weighted by Gasteiger charge is 2.20. The summed E-state index contributed by atoms with van der Waals surface area (Å²) >= 11 is 1.16. The van der Waals surface area contributed by atoms with Crippen LogP contribution in [0.1, 0.15) is 12.0 Å². The third-order valence-corrected chi connectivity index (χ3v) is 4.95. The number of thioether (sulfide) groups is 1. The van der Waals surface area contributed by atoms with E-state index < -0.39 is 0 Å². The molecule has 0 radical (unpaired) electrons. The van der Waals surface area contributed by atoms with Crippen molar-refractivity contribution in [2.45, 2.75) is 18.6 Å². The molecule has 0 atom stereocenters. The lowest BCUT2D eigenvalue weighted by atomic mass is 10.1. The lowest BCUT2D eigenvalue weighted by Gasteiger charge is -2.23. The predicted molar refractivity (Wildman–Crippen MR) is 111 cm³/mol. The van der Waals surface area contributed by atoms with Gasteiger partial charge in [-0.1, -0.05) is 41.6 Å². The van der Waals surface area contributed by atoms with E-state index in [0.717, 1.165) is 22.9 Å². The number of benzene rings is 2. The summed E-state index contributed by atoms with van der Waals surface area (Å²) in [5.41, 5.74) is 2.59. The Morgan fingerprint density at radius 2 is 1.97 bits per heavy atom. The van der Waals surface area contributed by atoms with E-state index in [1.54, 1.807) is 24.1 Å². The van der Waals surface area contributed by atoms with Crippen molar-refractivity contribution in [3.63, 3.8) is 0 Å². The maximum absolute atomic E-state index is 12.9. The second-order valence-electron chi connectivity index (χ2n) is 6.15. The van der Waals surface area contributed by atoms with E-state index in [1.807, 2.05) is 43.3 Å². The summed E-state index contributed by atoms with van der Waals surface area (Å²) in [5, 5.41) is 17.3. The van der Waals surface area contributed by atoms with Gasteiger partial charge in [0.25, 0.3) is 5.22 Å². The first-order chi connectivity index (χ1) is 14.1. The maximum Gasteiger partial charge on any atom is 0.277 e. The molecular formula is C21H20N4O3S. The summed E-state index contributed by atoms with van der Waals surface area (Å²) in [6.07, 6.45) is 0.215. The zero-order valence-electron chi connectivity index (χ0n) is 16.2. The first-order valence-electron chi connectivity index (χ1n) is 8.96. The Labute approximate surface area is 173 Å². The van der Waals surface area contributed by atoms with E-state index in [-0.39, 0.29) is 24.6 Å². The normalized spacial score (nSPS) is 10.4. The zero-order chi connectivity index (χ0) is 20.6. The van der Waals surface area contributed by atoms with Crippen LogP contribution in [0.5, 0.6) is 5.75 Å². The Morgan fingerprint density at radius 1 is 1.21 bits per heavy atom. The minimum absolute atomic E-state index is 0.0962. The number of para-hydroxylation sites is 2. The molecule has 3 aromatic rings. The van der Waals surface area contributed by atoms with Crippen molar-refractivity contribution in [2.24, 2.45) is 0 Å². The smallest absolute Gasteiger partial charge is 0.277 e. The monoisotopic (exact) mass is 408 g/mol. The van der Waals surface area contributed by atoms with Crippen LogP contribution in [-0.2, 0) is 4.79 Å². The molecule has 0 spiro atoms. The van der Waals surface area contributed by atoms with Gasteiger partial charge in [-0.25, -0.2) is 0 Å². The quantitative estimate of drug-likeness (QED) is 0.518. The molecule has 8 heteroatoms. The van der Waals surface area contributed by atoms with Crippen LogP contribution in [0.15, 0.2) is 58.2 Å². The number of anilines is 1. The van der Waals surface area contributed by atoms with Crippen molar-refractivity contribution in [1.29, 1.82) is 5.26 Å². The number of amides is 1. The minimum atomic E-state index is -0.176. The molecule has 0 fully saturated rings. The molecule has 29 heavy (non-hydrogen) atoms. The van der Waals surface area contributed by atoms with Gasteiger partial charge in [0.1, 0.15) is 5.75 Å². The molecule has 0 saturated carbocycles. The Bertz CT molecular complexity index is 1010. The van der Waals surface area contributed by atoms with Gasteiger partial charge in [0, 0.05) is 12.1 Å². The predicted octanol–water partition coefficient (Wildman–Crippen LogP) is 4.09. The molecule has 0 N–H and O–H groups in total. The van der Waals surface area contributed by atoms with Gasteiger partial charge in [-0.2, -0.15) is 5.26 Å². The van der Waals surface area contributed by atoms with E-state index in [0.29, 0.717) is 22.6 Å². The van der Waals surface area contributed by atoms with Gasteiger partial charge in [-0.3, -0.25) is 4.79 Å². The Kier molecular flexibility index (Phi) is 6.87. The largest absolute Gasteiger partial charge is 0.495 e. The molecule has 7 nitrogen and oxygen atoms in total. The number of aromatic nitrogens is 2. The van der Waals surface area contributed by atoms with Gasteiger partial charge < -0.3 is 14.1 Å². The summed E-state index contributed by atoms with van der Waals surface area (Å²) in [4.78, 5) is 14.4. The average molecular weight is 408 g/mol. The van der Waals surface area contributed by atoms with E-state index in [1.165, 1.54) is 0 Å². The van der Waals surface area contributed by atoms with Crippen LogP contribution in [0.2, 0.25) is 0 Å². The molecule has 1 aromatic heterocycles. The van der Waals surface area contributed by atoms with Crippen molar-refractivity contribution in [3.8, 4) is 23.3 Å². The molecule has 148 valence electrons. The fraction of sp³-hybridized carbons (Fsp3) is 0.238. The third-order valence-electron chi connectivity index (χ3n) is 4.15. The Morgan fingerprint density at radius 3 is 2.69 bits per heavy atom. The summed E-state index contributed by atoms with van der Waals surface area (Å²) in [5.74, 6) is 0.901.